The van der Waals surface area contributed by atoms with E-state index in [4.69, 9.17) is 67.0 Å². The van der Waals surface area contributed by atoms with E-state index in [0.29, 0.717) is 4.90 Å². The van der Waals surface area contributed by atoms with E-state index in [1.54, 1.807) is 24.3 Å². The Bertz CT molecular complexity index is 1340. The van der Waals surface area contributed by atoms with Gasteiger partial charge < -0.3 is 18.4 Å². The quantitative estimate of drug-likeness (QED) is 0.0670. The molecule has 0 aliphatic carbocycles. The van der Waals surface area contributed by atoms with Gasteiger partial charge in [0.25, 0.3) is 13.9 Å². The standard InChI is InChI=1S/C27H32Cl3NO9S3/c1-16-11-13-19(14-12-16)43(33,34)35-15-20-21(36-17(2)32)22(40-42-26(3,4)5)23(39-41-18-9-7-6-8-10-18)24(37-20)38-25(31)27(28,29)30/h6-14,20-24,31H,15H2,1-5H3/t20-,21-,22+,23-,24+/m1/s1. The number of carbonyl (C=O) groups is 1. The number of alkyl halides is 3. The van der Waals surface area contributed by atoms with Gasteiger partial charge in [-0.05, 0) is 64.0 Å². The third kappa shape index (κ3) is 11.2. The number of hydrogen-bond donors (Lipinski definition) is 1. The molecule has 2 aromatic rings. The highest BCUT2D eigenvalue weighted by atomic mass is 35.6. The minimum Gasteiger partial charge on any atom is -0.457 e. The lowest BCUT2D eigenvalue weighted by Crippen LogP contribution is -2.62. The first kappa shape index (κ1) is 36.2. The predicted molar refractivity (Wildman–Crippen MR) is 167 cm³/mol. The van der Waals surface area contributed by atoms with Crippen LogP contribution >= 0.6 is 58.9 Å². The van der Waals surface area contributed by atoms with Crippen molar-refractivity contribution in [2.75, 3.05) is 6.61 Å². The molecule has 1 saturated heterocycles. The van der Waals surface area contributed by atoms with Crippen LogP contribution in [0, 0.1) is 12.3 Å². The van der Waals surface area contributed by atoms with Crippen LogP contribution in [0.2, 0.25) is 0 Å². The average molecular weight is 717 g/mol. The molecule has 1 heterocycles. The van der Waals surface area contributed by atoms with Crippen molar-refractivity contribution in [3.8, 4) is 0 Å². The van der Waals surface area contributed by atoms with Gasteiger partial charge in [0.1, 0.15) is 12.2 Å². The fourth-order valence-corrected chi connectivity index (χ4v) is 5.92. The highest BCUT2D eigenvalue weighted by Gasteiger charge is 2.53. The number of rotatable bonds is 11. The molecule has 238 valence electrons. The lowest BCUT2D eigenvalue weighted by molar-refractivity contribution is -0.270. The summed E-state index contributed by atoms with van der Waals surface area (Å²) in [6.07, 6.45) is -6.36. The van der Waals surface area contributed by atoms with Crippen LogP contribution in [-0.2, 0) is 41.7 Å². The Morgan fingerprint density at radius 2 is 1.58 bits per heavy atom. The molecule has 0 amide bonds. The monoisotopic (exact) mass is 715 g/mol. The zero-order chi connectivity index (χ0) is 32.0. The van der Waals surface area contributed by atoms with Crippen molar-refractivity contribution < 1.29 is 40.0 Å². The van der Waals surface area contributed by atoms with E-state index >= 15 is 0 Å². The lowest BCUT2D eigenvalue weighted by Gasteiger charge is -2.44. The molecule has 5 atom stereocenters. The Morgan fingerprint density at radius 3 is 2.14 bits per heavy atom. The maximum atomic E-state index is 13.0. The molecule has 0 unspecified atom stereocenters. The van der Waals surface area contributed by atoms with Gasteiger partial charge in [-0.1, -0.05) is 70.7 Å². The van der Waals surface area contributed by atoms with E-state index in [-0.39, 0.29) is 4.90 Å². The number of carbonyl (C=O) groups excluding carboxylic acids is 1. The molecule has 0 aromatic heterocycles. The Kier molecular flexibility index (Phi) is 12.9. The summed E-state index contributed by atoms with van der Waals surface area (Å²) in [4.78, 5) is 12.9. The molecule has 16 heteroatoms. The number of benzene rings is 2. The lowest BCUT2D eigenvalue weighted by atomic mass is 9.99. The average Bonchev–Trinajstić information content (AvgIpc) is 2.90. The van der Waals surface area contributed by atoms with Gasteiger partial charge in [0.05, 0.1) is 11.5 Å². The van der Waals surface area contributed by atoms with E-state index < -0.39 is 67.8 Å². The van der Waals surface area contributed by atoms with Crippen LogP contribution in [0.25, 0.3) is 0 Å². The molecule has 0 bridgehead atoms. The number of aryl methyl sites for hydroxylation is 1. The van der Waals surface area contributed by atoms with E-state index in [1.807, 2.05) is 45.9 Å². The molecule has 0 saturated carbocycles. The summed E-state index contributed by atoms with van der Waals surface area (Å²) in [6.45, 7) is 8.07. The number of ether oxygens (including phenoxy) is 3. The first-order valence-electron chi connectivity index (χ1n) is 12.8. The van der Waals surface area contributed by atoms with Gasteiger partial charge in [0, 0.05) is 28.6 Å². The number of hydrogen-bond acceptors (Lipinski definition) is 12. The fraction of sp³-hybridized carbons (Fsp3) is 0.481. The highest BCUT2D eigenvalue weighted by Crippen LogP contribution is 2.39. The Morgan fingerprint density at radius 1 is 0.953 bits per heavy atom. The zero-order valence-corrected chi connectivity index (χ0v) is 28.5. The first-order valence-corrected chi connectivity index (χ1v) is 16.8. The molecule has 3 rings (SSSR count). The Hall–Kier alpha value is -1.26. The summed E-state index contributed by atoms with van der Waals surface area (Å²) in [5.41, 5.74) is 0.858. The Labute approximate surface area is 275 Å². The highest BCUT2D eigenvalue weighted by molar-refractivity contribution is 7.96. The van der Waals surface area contributed by atoms with Crippen molar-refractivity contribution in [2.45, 2.75) is 83.7 Å². The van der Waals surface area contributed by atoms with Gasteiger partial charge in [-0.25, -0.2) is 0 Å². The zero-order valence-electron chi connectivity index (χ0n) is 23.8. The molecule has 0 radical (unpaired) electrons. The first-order chi connectivity index (χ1) is 20.0. The second kappa shape index (κ2) is 15.4. The molecule has 1 aliphatic rings. The molecule has 1 aliphatic heterocycles. The molecule has 1 fully saturated rings. The van der Waals surface area contributed by atoms with E-state index in [1.165, 1.54) is 19.1 Å². The summed E-state index contributed by atoms with van der Waals surface area (Å²) in [6, 6.07) is 15.1. The van der Waals surface area contributed by atoms with Crippen molar-refractivity contribution in [2.24, 2.45) is 0 Å². The van der Waals surface area contributed by atoms with Crippen LogP contribution in [0.3, 0.4) is 0 Å². The summed E-state index contributed by atoms with van der Waals surface area (Å²) >= 11 is 19.7. The number of nitrogens with one attached hydrogen (secondary N) is 1. The van der Waals surface area contributed by atoms with Gasteiger partial charge in [0.2, 0.25) is 12.2 Å². The topological polar surface area (TPSA) is 130 Å². The van der Waals surface area contributed by atoms with Crippen molar-refractivity contribution in [1.29, 1.82) is 5.41 Å². The molecule has 0 spiro atoms. The minimum atomic E-state index is -4.25. The van der Waals surface area contributed by atoms with Gasteiger partial charge >= 0.3 is 5.97 Å². The summed E-state index contributed by atoms with van der Waals surface area (Å²) in [5.74, 6) is -1.49. The van der Waals surface area contributed by atoms with Crippen LogP contribution in [0.15, 0.2) is 64.4 Å². The van der Waals surface area contributed by atoms with Crippen LogP contribution in [0.4, 0.5) is 0 Å². The van der Waals surface area contributed by atoms with Crippen molar-refractivity contribution in [1.82, 2.24) is 0 Å². The Balaban J connectivity index is 2.00. The van der Waals surface area contributed by atoms with E-state index in [0.717, 1.165) is 29.6 Å². The molecule has 10 nitrogen and oxygen atoms in total. The SMILES string of the molecule is CC(=O)O[C@H]1[C@H](OSC(C)(C)C)[C@@H](OSc2ccccc2)[C@H](OC(=N)C(Cl)(Cl)Cl)O[C@@H]1COS(=O)(=O)c1ccc(C)cc1. The van der Waals surface area contributed by atoms with Gasteiger partial charge in [-0.2, -0.15) is 8.42 Å². The summed E-state index contributed by atoms with van der Waals surface area (Å²) in [5, 5.41) is 8.17. The van der Waals surface area contributed by atoms with E-state index in [9.17, 15) is 13.2 Å². The summed E-state index contributed by atoms with van der Waals surface area (Å²) < 4.78 is 58.2. The molecule has 2 aromatic carbocycles. The second-order valence-electron chi connectivity index (χ2n) is 10.3. The third-order valence-electron chi connectivity index (χ3n) is 5.49. The maximum Gasteiger partial charge on any atom is 0.303 e. The van der Waals surface area contributed by atoms with Crippen molar-refractivity contribution in [3.63, 3.8) is 0 Å². The number of esters is 1. The van der Waals surface area contributed by atoms with Gasteiger partial charge in [-0.15, -0.1) is 0 Å². The second-order valence-corrected chi connectivity index (χ2v) is 16.6. The molecule has 1 N–H and O–H groups in total. The van der Waals surface area contributed by atoms with Gasteiger partial charge in [-0.3, -0.25) is 18.6 Å². The summed E-state index contributed by atoms with van der Waals surface area (Å²) in [7, 11) is -4.25. The maximum absolute atomic E-state index is 13.0. The van der Waals surface area contributed by atoms with Gasteiger partial charge in [0.15, 0.2) is 12.2 Å². The smallest absolute Gasteiger partial charge is 0.303 e. The molecular formula is C27H32Cl3NO9S3. The van der Waals surface area contributed by atoms with E-state index in [2.05, 4.69) is 0 Å². The normalized spacial score (nSPS) is 23.0. The van der Waals surface area contributed by atoms with Crippen molar-refractivity contribution in [3.05, 3.63) is 60.2 Å². The van der Waals surface area contributed by atoms with Crippen LogP contribution in [-0.4, -0.2) is 66.1 Å². The van der Waals surface area contributed by atoms with Crippen LogP contribution in [0.1, 0.15) is 33.3 Å². The largest absolute Gasteiger partial charge is 0.457 e. The number of halogens is 3. The van der Waals surface area contributed by atoms with Crippen LogP contribution < -0.4 is 0 Å². The predicted octanol–water partition coefficient (Wildman–Crippen LogP) is 6.65. The van der Waals surface area contributed by atoms with Crippen molar-refractivity contribution >= 4 is 80.9 Å². The minimum absolute atomic E-state index is 0.0831. The molecule has 43 heavy (non-hydrogen) atoms. The third-order valence-corrected chi connectivity index (χ3v) is 8.90. The molecular weight excluding hydrogens is 685 g/mol. The fourth-order valence-electron chi connectivity index (χ4n) is 3.55. The van der Waals surface area contributed by atoms with Crippen LogP contribution in [0.5, 0.6) is 0 Å².